The van der Waals surface area contributed by atoms with Gasteiger partial charge in [-0.15, -0.1) is 0 Å². The number of piperazine rings is 1. The van der Waals surface area contributed by atoms with Gasteiger partial charge in [0, 0.05) is 32.7 Å². The summed E-state index contributed by atoms with van der Waals surface area (Å²) in [5.74, 6) is 0.143. The van der Waals surface area contributed by atoms with Crippen LogP contribution in [0.1, 0.15) is 22.3 Å². The molecule has 2 saturated heterocycles. The quantitative estimate of drug-likeness (QED) is 0.851. The molecule has 0 bridgehead atoms. The Bertz CT molecular complexity index is 906. The van der Waals surface area contributed by atoms with Crippen LogP contribution >= 0.6 is 0 Å². The zero-order valence-electron chi connectivity index (χ0n) is 17.3. The third-order valence-electron chi connectivity index (χ3n) is 6.32. The van der Waals surface area contributed by atoms with Gasteiger partial charge in [-0.3, -0.25) is 9.59 Å². The number of aryl methyl sites for hydroxylation is 2. The molecule has 29 heavy (non-hydrogen) atoms. The molecule has 0 spiro atoms. The zero-order chi connectivity index (χ0) is 20.4. The van der Waals surface area contributed by atoms with Gasteiger partial charge in [-0.1, -0.05) is 48.5 Å². The molecule has 0 saturated carbocycles. The molecule has 0 atom stereocenters. The van der Waals surface area contributed by atoms with Crippen molar-refractivity contribution in [3.8, 4) is 0 Å². The van der Waals surface area contributed by atoms with Crippen LogP contribution in [0.15, 0.2) is 48.5 Å². The molecule has 1 N–H and O–H groups in total. The second-order valence-electron chi connectivity index (χ2n) is 8.51. The molecule has 0 radical (unpaired) electrons. The van der Waals surface area contributed by atoms with Crippen LogP contribution in [-0.4, -0.2) is 54.3 Å². The summed E-state index contributed by atoms with van der Waals surface area (Å²) >= 11 is 0. The third-order valence-corrected chi connectivity index (χ3v) is 6.32. The highest BCUT2D eigenvalue weighted by molar-refractivity contribution is 5.90. The van der Waals surface area contributed by atoms with E-state index in [0.717, 1.165) is 12.0 Å². The molecule has 4 rings (SSSR count). The van der Waals surface area contributed by atoms with Crippen LogP contribution in [0.3, 0.4) is 0 Å². The normalized spacial score (nSPS) is 18.5. The molecule has 2 aromatic rings. The van der Waals surface area contributed by atoms with Gasteiger partial charge in [-0.2, -0.15) is 0 Å². The second-order valence-corrected chi connectivity index (χ2v) is 8.51. The zero-order valence-corrected chi connectivity index (χ0v) is 17.3. The van der Waals surface area contributed by atoms with Crippen LogP contribution in [-0.2, 0) is 22.6 Å². The first-order valence-electron chi connectivity index (χ1n) is 10.3. The van der Waals surface area contributed by atoms with Gasteiger partial charge in [0.2, 0.25) is 11.8 Å². The smallest absolute Gasteiger partial charge is 0.242 e. The van der Waals surface area contributed by atoms with Crippen molar-refractivity contribution in [3.05, 3.63) is 70.8 Å². The Labute approximate surface area is 172 Å². The fourth-order valence-corrected chi connectivity index (χ4v) is 4.27. The number of carbonyl (C=O) groups is 2. The van der Waals surface area contributed by atoms with E-state index < -0.39 is 5.41 Å². The SMILES string of the molecule is Cc1ccc(CN2CCN(C(=O)C3(Cc4ccccc4)CNC3)CC2=O)cc1C. The fraction of sp³-hybridized carbons (Fsp3) is 0.417. The summed E-state index contributed by atoms with van der Waals surface area (Å²) in [4.78, 5) is 29.7. The molecule has 0 aliphatic carbocycles. The van der Waals surface area contributed by atoms with Gasteiger partial charge in [0.25, 0.3) is 0 Å². The predicted molar refractivity (Wildman–Crippen MR) is 113 cm³/mol. The third kappa shape index (κ3) is 4.06. The topological polar surface area (TPSA) is 52.6 Å². The number of carbonyl (C=O) groups excluding carboxylic acids is 2. The van der Waals surface area contributed by atoms with Crippen molar-refractivity contribution in [2.45, 2.75) is 26.8 Å². The van der Waals surface area contributed by atoms with Crippen LogP contribution in [0.2, 0.25) is 0 Å². The first-order valence-corrected chi connectivity index (χ1v) is 10.3. The summed E-state index contributed by atoms with van der Waals surface area (Å²) in [6.45, 7) is 7.53. The number of benzene rings is 2. The van der Waals surface area contributed by atoms with Crippen LogP contribution in [0.5, 0.6) is 0 Å². The lowest BCUT2D eigenvalue weighted by atomic mass is 9.75. The summed E-state index contributed by atoms with van der Waals surface area (Å²) in [5.41, 5.74) is 4.39. The Morgan fingerprint density at radius 1 is 1.00 bits per heavy atom. The Morgan fingerprint density at radius 3 is 2.38 bits per heavy atom. The molecule has 5 heteroatoms. The average molecular weight is 392 g/mol. The van der Waals surface area contributed by atoms with Gasteiger partial charge >= 0.3 is 0 Å². The highest BCUT2D eigenvalue weighted by Crippen LogP contribution is 2.31. The summed E-state index contributed by atoms with van der Waals surface area (Å²) in [6.07, 6.45) is 0.719. The molecular formula is C24H29N3O2. The van der Waals surface area contributed by atoms with Crippen LogP contribution in [0.25, 0.3) is 0 Å². The van der Waals surface area contributed by atoms with Gasteiger partial charge in [0.15, 0.2) is 0 Å². The summed E-state index contributed by atoms with van der Waals surface area (Å²) in [6, 6.07) is 16.5. The Hall–Kier alpha value is -2.66. The van der Waals surface area contributed by atoms with Crippen LogP contribution < -0.4 is 5.32 Å². The minimum absolute atomic E-state index is 0.0324. The molecule has 2 aromatic carbocycles. The van der Waals surface area contributed by atoms with Crippen LogP contribution in [0, 0.1) is 19.3 Å². The lowest BCUT2D eigenvalue weighted by Crippen LogP contribution is -2.65. The maximum absolute atomic E-state index is 13.3. The van der Waals surface area contributed by atoms with Crippen molar-refractivity contribution in [2.24, 2.45) is 5.41 Å². The summed E-state index contributed by atoms with van der Waals surface area (Å²) in [7, 11) is 0. The standard InChI is InChI=1S/C24H29N3O2/c1-18-8-9-21(12-19(18)2)14-26-10-11-27(15-22(26)28)23(29)24(16-25-17-24)13-20-6-4-3-5-7-20/h3-9,12,25H,10-11,13-17H2,1-2H3. The van der Waals surface area contributed by atoms with E-state index >= 15 is 0 Å². The maximum Gasteiger partial charge on any atom is 0.242 e. The molecule has 2 aliphatic heterocycles. The van der Waals surface area contributed by atoms with E-state index in [2.05, 4.69) is 49.5 Å². The molecule has 2 aliphatic rings. The molecule has 2 fully saturated rings. The first-order chi connectivity index (χ1) is 14.0. The van der Waals surface area contributed by atoms with E-state index in [-0.39, 0.29) is 18.4 Å². The molecule has 152 valence electrons. The highest BCUT2D eigenvalue weighted by atomic mass is 16.2. The minimum Gasteiger partial charge on any atom is -0.335 e. The van der Waals surface area contributed by atoms with E-state index in [1.807, 2.05) is 23.1 Å². The summed E-state index contributed by atoms with van der Waals surface area (Å²) in [5, 5.41) is 3.26. The fourth-order valence-electron chi connectivity index (χ4n) is 4.27. The van der Waals surface area contributed by atoms with Crippen molar-refractivity contribution in [1.82, 2.24) is 15.1 Å². The first kappa shape index (κ1) is 19.6. The van der Waals surface area contributed by atoms with E-state index in [4.69, 9.17) is 0 Å². The van der Waals surface area contributed by atoms with Gasteiger partial charge in [0.05, 0.1) is 12.0 Å². The molecule has 2 heterocycles. The maximum atomic E-state index is 13.3. The molecule has 0 unspecified atom stereocenters. The Balaban J connectivity index is 1.40. The van der Waals surface area contributed by atoms with Crippen molar-refractivity contribution >= 4 is 11.8 Å². The number of rotatable bonds is 5. The second kappa shape index (κ2) is 7.99. The predicted octanol–water partition coefficient (Wildman–Crippen LogP) is 2.31. The van der Waals surface area contributed by atoms with Crippen molar-refractivity contribution < 1.29 is 9.59 Å². The average Bonchev–Trinajstić information content (AvgIpc) is 2.69. The van der Waals surface area contributed by atoms with E-state index in [9.17, 15) is 9.59 Å². The van der Waals surface area contributed by atoms with Gasteiger partial charge < -0.3 is 15.1 Å². The van der Waals surface area contributed by atoms with E-state index in [1.54, 1.807) is 4.90 Å². The largest absolute Gasteiger partial charge is 0.335 e. The number of hydrogen-bond acceptors (Lipinski definition) is 3. The minimum atomic E-state index is -0.419. The van der Waals surface area contributed by atoms with E-state index in [0.29, 0.717) is 32.7 Å². The van der Waals surface area contributed by atoms with Crippen LogP contribution in [0.4, 0.5) is 0 Å². The monoisotopic (exact) mass is 391 g/mol. The molecule has 0 aromatic heterocycles. The number of amides is 2. The molecule has 2 amide bonds. The van der Waals surface area contributed by atoms with Gasteiger partial charge in [-0.25, -0.2) is 0 Å². The molecule has 5 nitrogen and oxygen atoms in total. The van der Waals surface area contributed by atoms with E-state index in [1.165, 1.54) is 16.7 Å². The van der Waals surface area contributed by atoms with Gasteiger partial charge in [-0.05, 0) is 42.5 Å². The lowest BCUT2D eigenvalue weighted by Gasteiger charge is -2.46. The Morgan fingerprint density at radius 2 is 1.76 bits per heavy atom. The van der Waals surface area contributed by atoms with Gasteiger partial charge in [0.1, 0.15) is 0 Å². The highest BCUT2D eigenvalue weighted by Gasteiger charge is 2.47. The number of nitrogens with zero attached hydrogens (tertiary/aromatic N) is 2. The molecular weight excluding hydrogens is 362 g/mol. The van der Waals surface area contributed by atoms with Crippen molar-refractivity contribution in [1.29, 1.82) is 0 Å². The lowest BCUT2D eigenvalue weighted by molar-refractivity contribution is -0.154. The number of hydrogen-bond donors (Lipinski definition) is 1. The Kier molecular flexibility index (Phi) is 5.41. The summed E-state index contributed by atoms with van der Waals surface area (Å²) < 4.78 is 0. The van der Waals surface area contributed by atoms with Crippen molar-refractivity contribution in [3.63, 3.8) is 0 Å². The number of nitrogens with one attached hydrogen (secondary N) is 1. The van der Waals surface area contributed by atoms with Crippen molar-refractivity contribution in [2.75, 3.05) is 32.7 Å².